The van der Waals surface area contributed by atoms with Gasteiger partial charge >= 0.3 is 0 Å². The van der Waals surface area contributed by atoms with Gasteiger partial charge in [-0.25, -0.2) is 0 Å². The molecule has 2 nitrogen and oxygen atoms in total. The van der Waals surface area contributed by atoms with Crippen molar-refractivity contribution in [2.75, 3.05) is 6.54 Å². The molecule has 0 unspecified atom stereocenters. The van der Waals surface area contributed by atoms with E-state index in [1.807, 2.05) is 0 Å². The third-order valence-corrected chi connectivity index (χ3v) is 5.95. The van der Waals surface area contributed by atoms with E-state index in [1.165, 1.54) is 88.4 Å². The van der Waals surface area contributed by atoms with Crippen LogP contribution in [-0.4, -0.2) is 18.4 Å². The summed E-state index contributed by atoms with van der Waals surface area (Å²) in [5, 5.41) is 3.71. The SMILES string of the molecule is Cl.c1ccc([C@@H]2CCC[C@@H]2/N=C2/CCCCCCCCCCCN2)cc1. The molecule has 0 spiro atoms. The van der Waals surface area contributed by atoms with Gasteiger partial charge in [0.25, 0.3) is 0 Å². The summed E-state index contributed by atoms with van der Waals surface area (Å²) in [4.78, 5) is 5.25. The van der Waals surface area contributed by atoms with E-state index < -0.39 is 0 Å². The zero-order chi connectivity index (χ0) is 17.2. The van der Waals surface area contributed by atoms with Crippen LogP contribution >= 0.6 is 12.4 Å². The molecule has 0 amide bonds. The molecule has 1 aromatic carbocycles. The number of amidine groups is 1. The number of nitrogens with zero attached hydrogens (tertiary/aromatic N) is 1. The molecule has 26 heavy (non-hydrogen) atoms. The molecule has 3 rings (SSSR count). The molecule has 2 aliphatic rings. The molecule has 0 aromatic heterocycles. The fraction of sp³-hybridized carbons (Fsp3) is 0.696. The van der Waals surface area contributed by atoms with Gasteiger partial charge < -0.3 is 5.32 Å². The molecule has 1 saturated heterocycles. The van der Waals surface area contributed by atoms with Crippen LogP contribution in [0.4, 0.5) is 0 Å². The Morgan fingerprint density at radius 3 is 2.12 bits per heavy atom. The third-order valence-electron chi connectivity index (χ3n) is 5.95. The summed E-state index contributed by atoms with van der Waals surface area (Å²) in [6, 6.07) is 11.5. The summed E-state index contributed by atoms with van der Waals surface area (Å²) in [7, 11) is 0. The van der Waals surface area contributed by atoms with Crippen LogP contribution in [0.1, 0.15) is 95.0 Å². The molecule has 1 saturated carbocycles. The van der Waals surface area contributed by atoms with Gasteiger partial charge in [-0.05, 0) is 31.2 Å². The quantitative estimate of drug-likeness (QED) is 0.614. The molecule has 1 aliphatic heterocycles. The van der Waals surface area contributed by atoms with E-state index in [2.05, 4.69) is 35.6 Å². The molecule has 1 heterocycles. The van der Waals surface area contributed by atoms with Gasteiger partial charge in [-0.2, -0.15) is 0 Å². The van der Waals surface area contributed by atoms with E-state index in [0.29, 0.717) is 12.0 Å². The van der Waals surface area contributed by atoms with Crippen molar-refractivity contribution in [3.63, 3.8) is 0 Å². The van der Waals surface area contributed by atoms with Gasteiger partial charge in [0.15, 0.2) is 0 Å². The maximum absolute atomic E-state index is 5.25. The van der Waals surface area contributed by atoms with Crippen LogP contribution in [0.25, 0.3) is 0 Å². The van der Waals surface area contributed by atoms with Crippen LogP contribution in [0.5, 0.6) is 0 Å². The van der Waals surface area contributed by atoms with Crippen molar-refractivity contribution < 1.29 is 0 Å². The molecular formula is C23H37ClN2. The molecular weight excluding hydrogens is 340 g/mol. The molecule has 0 bridgehead atoms. The minimum absolute atomic E-state index is 0. The van der Waals surface area contributed by atoms with Gasteiger partial charge in [-0.15, -0.1) is 12.4 Å². The fourth-order valence-electron chi connectivity index (χ4n) is 4.47. The summed E-state index contributed by atoms with van der Waals surface area (Å²) >= 11 is 0. The average Bonchev–Trinajstić information content (AvgIpc) is 3.11. The van der Waals surface area contributed by atoms with Crippen molar-refractivity contribution in [1.29, 1.82) is 0 Å². The van der Waals surface area contributed by atoms with E-state index in [0.717, 1.165) is 13.0 Å². The van der Waals surface area contributed by atoms with E-state index in [4.69, 9.17) is 4.99 Å². The summed E-state index contributed by atoms with van der Waals surface area (Å²) in [6.07, 6.45) is 17.5. The number of benzene rings is 1. The Kier molecular flexibility index (Phi) is 10.1. The first-order valence-corrected chi connectivity index (χ1v) is 10.8. The van der Waals surface area contributed by atoms with Crippen molar-refractivity contribution in [1.82, 2.24) is 5.32 Å². The first-order valence-electron chi connectivity index (χ1n) is 10.8. The topological polar surface area (TPSA) is 24.4 Å². The standard InChI is InChI=1S/C23H36N2.ClH/c1-2-4-6-11-18-23(24-19-12-7-5-3-1)25-22-17-13-16-21(22)20-14-9-8-10-15-20;/h8-10,14-15,21-22H,1-7,11-13,16-19H2,(H,24,25);1H/t21-,22-;/m0./s1. The molecule has 1 N–H and O–H groups in total. The minimum Gasteiger partial charge on any atom is -0.374 e. The van der Waals surface area contributed by atoms with Crippen molar-refractivity contribution in [3.05, 3.63) is 35.9 Å². The lowest BCUT2D eigenvalue weighted by molar-refractivity contribution is 0.566. The van der Waals surface area contributed by atoms with Gasteiger partial charge in [-0.1, -0.05) is 81.7 Å². The van der Waals surface area contributed by atoms with Gasteiger partial charge in [-0.3, -0.25) is 4.99 Å². The Morgan fingerprint density at radius 2 is 1.38 bits per heavy atom. The van der Waals surface area contributed by atoms with Crippen LogP contribution in [0.3, 0.4) is 0 Å². The third kappa shape index (κ3) is 6.95. The van der Waals surface area contributed by atoms with E-state index in [9.17, 15) is 0 Å². The molecule has 1 aliphatic carbocycles. The summed E-state index contributed by atoms with van der Waals surface area (Å²) < 4.78 is 0. The second-order valence-corrected chi connectivity index (χ2v) is 7.95. The van der Waals surface area contributed by atoms with Gasteiger partial charge in [0.1, 0.15) is 0 Å². The van der Waals surface area contributed by atoms with Crippen molar-refractivity contribution in [2.24, 2.45) is 4.99 Å². The highest BCUT2D eigenvalue weighted by atomic mass is 35.5. The van der Waals surface area contributed by atoms with Gasteiger partial charge in [0, 0.05) is 18.9 Å². The second-order valence-electron chi connectivity index (χ2n) is 7.95. The normalized spacial score (nSPS) is 27.5. The van der Waals surface area contributed by atoms with Gasteiger partial charge in [0.2, 0.25) is 0 Å². The highest BCUT2D eigenvalue weighted by Crippen LogP contribution is 2.36. The van der Waals surface area contributed by atoms with Crippen LogP contribution < -0.4 is 5.32 Å². The number of halogens is 1. The van der Waals surface area contributed by atoms with E-state index in [-0.39, 0.29) is 12.4 Å². The van der Waals surface area contributed by atoms with Crippen molar-refractivity contribution in [2.45, 2.75) is 95.4 Å². The van der Waals surface area contributed by atoms with Crippen molar-refractivity contribution in [3.8, 4) is 0 Å². The molecule has 0 radical (unpaired) electrons. The number of rotatable bonds is 2. The van der Waals surface area contributed by atoms with Crippen molar-refractivity contribution >= 4 is 18.2 Å². The maximum Gasteiger partial charge on any atom is 0.0966 e. The molecule has 2 atom stereocenters. The Bertz CT molecular complexity index is 498. The smallest absolute Gasteiger partial charge is 0.0966 e. The Hall–Kier alpha value is -1.02. The Morgan fingerprint density at radius 1 is 0.731 bits per heavy atom. The Labute approximate surface area is 166 Å². The van der Waals surface area contributed by atoms with Crippen LogP contribution in [0.2, 0.25) is 0 Å². The Balaban J connectivity index is 0.00000243. The number of nitrogens with one attached hydrogen (secondary N) is 1. The second kappa shape index (κ2) is 12.4. The summed E-state index contributed by atoms with van der Waals surface area (Å²) in [6.45, 7) is 1.11. The minimum atomic E-state index is 0. The average molecular weight is 377 g/mol. The molecule has 1 aromatic rings. The number of hydrogen-bond acceptors (Lipinski definition) is 1. The first kappa shape index (κ1) is 21.3. The summed E-state index contributed by atoms with van der Waals surface area (Å²) in [5.74, 6) is 1.92. The number of hydrogen-bond donors (Lipinski definition) is 1. The highest BCUT2D eigenvalue weighted by Gasteiger charge is 2.28. The number of aliphatic imine (C=N–C) groups is 1. The highest BCUT2D eigenvalue weighted by molar-refractivity contribution is 5.85. The molecule has 2 fully saturated rings. The van der Waals surface area contributed by atoms with Crippen LogP contribution in [-0.2, 0) is 0 Å². The zero-order valence-corrected chi connectivity index (χ0v) is 17.1. The van der Waals surface area contributed by atoms with E-state index >= 15 is 0 Å². The monoisotopic (exact) mass is 376 g/mol. The summed E-state index contributed by atoms with van der Waals surface area (Å²) in [5.41, 5.74) is 1.49. The first-order chi connectivity index (χ1) is 12.4. The molecule has 146 valence electrons. The lowest BCUT2D eigenvalue weighted by atomic mass is 9.94. The maximum atomic E-state index is 5.25. The van der Waals surface area contributed by atoms with E-state index in [1.54, 1.807) is 0 Å². The fourth-order valence-corrected chi connectivity index (χ4v) is 4.47. The lowest BCUT2D eigenvalue weighted by Gasteiger charge is -2.19. The molecule has 3 heteroatoms. The van der Waals surface area contributed by atoms with Crippen LogP contribution in [0.15, 0.2) is 35.3 Å². The predicted octanol–water partition coefficient (Wildman–Crippen LogP) is 6.65. The predicted molar refractivity (Wildman–Crippen MR) is 116 cm³/mol. The lowest BCUT2D eigenvalue weighted by Crippen LogP contribution is -2.27. The zero-order valence-electron chi connectivity index (χ0n) is 16.3. The van der Waals surface area contributed by atoms with Crippen LogP contribution in [0, 0.1) is 0 Å². The van der Waals surface area contributed by atoms with Gasteiger partial charge in [0.05, 0.1) is 11.9 Å². The largest absolute Gasteiger partial charge is 0.374 e.